The Morgan fingerprint density at radius 3 is 2.44 bits per heavy atom. The zero-order chi connectivity index (χ0) is 19.4. The van der Waals surface area contributed by atoms with Crippen molar-refractivity contribution in [2.24, 2.45) is 0 Å². The molecule has 1 aliphatic rings. The number of nitrogens with one attached hydrogen (secondary N) is 1. The fourth-order valence-corrected chi connectivity index (χ4v) is 3.16. The number of carbonyl (C=O) groups is 3. The molecular formula is C14H23NO9S. The average molecular weight is 381 g/mol. The van der Waals surface area contributed by atoms with Crippen molar-refractivity contribution in [2.75, 3.05) is 5.75 Å². The van der Waals surface area contributed by atoms with Gasteiger partial charge in [-0.05, 0) is 0 Å². The summed E-state index contributed by atoms with van der Waals surface area (Å²) in [7, 11) is 0. The highest BCUT2D eigenvalue weighted by atomic mass is 32.2. The summed E-state index contributed by atoms with van der Waals surface area (Å²) < 4.78 is 5.01. The van der Waals surface area contributed by atoms with Gasteiger partial charge in [-0.2, -0.15) is 0 Å². The van der Waals surface area contributed by atoms with E-state index in [0.717, 1.165) is 18.7 Å². The lowest BCUT2D eigenvalue weighted by Gasteiger charge is -2.44. The number of carboxylic acid groups (broad SMARTS) is 1. The van der Waals surface area contributed by atoms with Gasteiger partial charge in [-0.1, -0.05) is 18.7 Å². The minimum Gasteiger partial charge on any atom is -0.477 e. The molecule has 1 saturated heterocycles. The highest BCUT2D eigenvalue weighted by molar-refractivity contribution is 8.13. The molecule has 6 atom stereocenters. The minimum absolute atomic E-state index is 0.206. The number of hydrogen-bond donors (Lipinski definition) is 6. The normalized spacial score (nSPS) is 31.8. The summed E-state index contributed by atoms with van der Waals surface area (Å²) in [5, 5.41) is 51.5. The molecule has 25 heavy (non-hydrogen) atoms. The van der Waals surface area contributed by atoms with Gasteiger partial charge in [0.2, 0.25) is 5.91 Å². The lowest BCUT2D eigenvalue weighted by Crippen LogP contribution is -2.67. The van der Waals surface area contributed by atoms with E-state index >= 15 is 0 Å². The Balaban J connectivity index is 2.98. The quantitative estimate of drug-likeness (QED) is 0.284. The van der Waals surface area contributed by atoms with E-state index in [4.69, 9.17) is 9.84 Å². The number of thioether (sulfide) groups is 1. The number of carbonyl (C=O) groups excluding carboxylic acids is 2. The number of carboxylic acids is 1. The standard InChI is InChI=1S/C14H23NO9S/c1-3-9(19)25-5-8(18)11(20)12-10(15-6(2)16)7(17)4-14(23,24-12)13(21)22/h7-8,10-12,17-18,20,23H,3-5H2,1-2H3,(H,15,16)(H,21,22)/t7-,8-,10-,11-,12?,14+/m1/s1. The number of aliphatic hydroxyl groups is 4. The molecule has 1 heterocycles. The Morgan fingerprint density at radius 1 is 1.36 bits per heavy atom. The summed E-state index contributed by atoms with van der Waals surface area (Å²) in [5.41, 5.74) is 0. The van der Waals surface area contributed by atoms with Gasteiger partial charge in [-0.3, -0.25) is 9.59 Å². The molecule has 0 saturated carbocycles. The van der Waals surface area contributed by atoms with Crippen LogP contribution >= 0.6 is 11.8 Å². The molecule has 0 spiro atoms. The molecule has 1 amide bonds. The van der Waals surface area contributed by atoms with Crippen molar-refractivity contribution in [3.05, 3.63) is 0 Å². The molecule has 1 rings (SSSR count). The second kappa shape index (κ2) is 8.92. The van der Waals surface area contributed by atoms with Crippen molar-refractivity contribution >= 4 is 28.8 Å². The summed E-state index contributed by atoms with van der Waals surface area (Å²) in [4.78, 5) is 33.8. The predicted octanol–water partition coefficient (Wildman–Crippen LogP) is -2.19. The molecule has 1 unspecified atom stereocenters. The van der Waals surface area contributed by atoms with Gasteiger partial charge in [0.25, 0.3) is 5.79 Å². The second-order valence-electron chi connectivity index (χ2n) is 5.76. The molecule has 0 bridgehead atoms. The van der Waals surface area contributed by atoms with Gasteiger partial charge < -0.3 is 35.6 Å². The second-order valence-corrected chi connectivity index (χ2v) is 6.84. The summed E-state index contributed by atoms with van der Waals surface area (Å²) >= 11 is 0.766. The van der Waals surface area contributed by atoms with Gasteiger partial charge >= 0.3 is 5.97 Å². The van der Waals surface area contributed by atoms with Crippen LogP contribution in [0.3, 0.4) is 0 Å². The molecule has 1 fully saturated rings. The lowest BCUT2D eigenvalue weighted by atomic mass is 9.89. The van der Waals surface area contributed by atoms with Crippen LogP contribution in [-0.2, 0) is 19.1 Å². The maximum atomic E-state index is 11.3. The van der Waals surface area contributed by atoms with Crippen LogP contribution in [0.4, 0.5) is 0 Å². The van der Waals surface area contributed by atoms with Gasteiger partial charge in [-0.15, -0.1) is 0 Å². The number of rotatable bonds is 7. The van der Waals surface area contributed by atoms with E-state index in [0.29, 0.717) is 0 Å². The molecule has 6 N–H and O–H groups in total. The first-order valence-electron chi connectivity index (χ1n) is 7.62. The Bertz CT molecular complexity index is 517. The molecule has 0 radical (unpaired) electrons. The molecule has 1 aliphatic heterocycles. The van der Waals surface area contributed by atoms with Crippen molar-refractivity contribution in [3.63, 3.8) is 0 Å². The number of hydrogen-bond acceptors (Lipinski definition) is 9. The third kappa shape index (κ3) is 5.62. The maximum absolute atomic E-state index is 11.3. The van der Waals surface area contributed by atoms with E-state index in [2.05, 4.69) is 5.32 Å². The summed E-state index contributed by atoms with van der Waals surface area (Å²) in [6.07, 6.45) is -6.97. The Kier molecular flexibility index (Phi) is 7.78. The molecule has 10 nitrogen and oxygen atoms in total. The molecular weight excluding hydrogens is 358 g/mol. The molecule has 144 valence electrons. The zero-order valence-corrected chi connectivity index (χ0v) is 14.6. The van der Waals surface area contributed by atoms with Crippen LogP contribution in [0.15, 0.2) is 0 Å². The average Bonchev–Trinajstić information content (AvgIpc) is 2.53. The van der Waals surface area contributed by atoms with E-state index in [1.165, 1.54) is 0 Å². The highest BCUT2D eigenvalue weighted by Crippen LogP contribution is 2.31. The maximum Gasteiger partial charge on any atom is 0.364 e. The van der Waals surface area contributed by atoms with Crippen LogP contribution in [0.5, 0.6) is 0 Å². The van der Waals surface area contributed by atoms with Crippen LogP contribution in [0.1, 0.15) is 26.7 Å². The summed E-state index contributed by atoms with van der Waals surface area (Å²) in [5.74, 6) is -5.36. The first-order chi connectivity index (χ1) is 11.5. The van der Waals surface area contributed by atoms with Gasteiger partial charge in [0.05, 0.1) is 18.2 Å². The van der Waals surface area contributed by atoms with E-state index in [-0.39, 0.29) is 17.3 Å². The lowest BCUT2D eigenvalue weighted by molar-refractivity contribution is -0.293. The topological polar surface area (TPSA) is 174 Å². The third-order valence-corrected chi connectivity index (χ3v) is 4.84. The van der Waals surface area contributed by atoms with Crippen molar-refractivity contribution in [1.29, 1.82) is 0 Å². The SMILES string of the molecule is CCC(=O)SC[C@@H](O)[C@@H](O)C1O[C@](O)(C(=O)O)C[C@@H](O)[C@H]1NC(C)=O. The van der Waals surface area contributed by atoms with Crippen molar-refractivity contribution in [1.82, 2.24) is 5.32 Å². The number of ether oxygens (including phenoxy) is 1. The largest absolute Gasteiger partial charge is 0.477 e. The highest BCUT2D eigenvalue weighted by Gasteiger charge is 2.53. The Morgan fingerprint density at radius 2 is 1.96 bits per heavy atom. The van der Waals surface area contributed by atoms with Crippen molar-refractivity contribution in [3.8, 4) is 0 Å². The van der Waals surface area contributed by atoms with Crippen LogP contribution in [0, 0.1) is 0 Å². The van der Waals surface area contributed by atoms with E-state index in [1.54, 1.807) is 6.92 Å². The molecule has 0 aliphatic carbocycles. The van der Waals surface area contributed by atoms with E-state index < -0.39 is 54.5 Å². The van der Waals surface area contributed by atoms with E-state index in [9.17, 15) is 34.8 Å². The van der Waals surface area contributed by atoms with Gasteiger partial charge in [0.15, 0.2) is 5.12 Å². The summed E-state index contributed by atoms with van der Waals surface area (Å²) in [6, 6.07) is -1.26. The smallest absolute Gasteiger partial charge is 0.364 e. The molecule has 0 aromatic heterocycles. The van der Waals surface area contributed by atoms with Crippen molar-refractivity contribution in [2.45, 2.75) is 62.9 Å². The minimum atomic E-state index is -2.79. The number of amides is 1. The molecule has 0 aromatic rings. The van der Waals surface area contributed by atoms with E-state index in [1.807, 2.05) is 0 Å². The van der Waals surface area contributed by atoms with Crippen LogP contribution in [-0.4, -0.2) is 84.5 Å². The van der Waals surface area contributed by atoms with Gasteiger partial charge in [0, 0.05) is 25.5 Å². The van der Waals surface area contributed by atoms with Crippen LogP contribution < -0.4 is 5.32 Å². The first kappa shape index (κ1) is 21.8. The summed E-state index contributed by atoms with van der Waals surface area (Å²) in [6.45, 7) is 2.76. The molecule has 11 heteroatoms. The fourth-order valence-electron chi connectivity index (χ4n) is 2.41. The zero-order valence-electron chi connectivity index (χ0n) is 13.8. The monoisotopic (exact) mass is 381 g/mol. The first-order valence-corrected chi connectivity index (χ1v) is 8.61. The molecule has 0 aromatic carbocycles. The predicted molar refractivity (Wildman–Crippen MR) is 85.5 cm³/mol. The Hall–Kier alpha value is -1.24. The fraction of sp³-hybridized carbons (Fsp3) is 0.786. The van der Waals surface area contributed by atoms with Gasteiger partial charge in [0.1, 0.15) is 12.2 Å². The number of aliphatic hydroxyl groups excluding tert-OH is 3. The third-order valence-electron chi connectivity index (χ3n) is 3.72. The van der Waals surface area contributed by atoms with Crippen molar-refractivity contribution < 1.29 is 44.7 Å². The van der Waals surface area contributed by atoms with Crippen LogP contribution in [0.25, 0.3) is 0 Å². The Labute approximate surface area is 148 Å². The van der Waals surface area contributed by atoms with Crippen LogP contribution in [0.2, 0.25) is 0 Å². The van der Waals surface area contributed by atoms with Gasteiger partial charge in [-0.25, -0.2) is 4.79 Å². The number of aliphatic carboxylic acids is 1.